The summed E-state index contributed by atoms with van der Waals surface area (Å²) >= 11 is 0. The monoisotopic (exact) mass is 339 g/mol. The van der Waals surface area contributed by atoms with Crippen molar-refractivity contribution in [3.8, 4) is 0 Å². The molecule has 2 heterocycles. The molecule has 5 nitrogen and oxygen atoms in total. The van der Waals surface area contributed by atoms with Crippen LogP contribution < -0.4 is 5.32 Å². The molecule has 0 aromatic carbocycles. The zero-order valence-corrected chi connectivity index (χ0v) is 14.4. The van der Waals surface area contributed by atoms with Crippen LogP contribution in [-0.2, 0) is 11.3 Å². The molecule has 0 amide bonds. The minimum atomic E-state index is -0.684. The molecule has 1 unspecified atom stereocenters. The van der Waals surface area contributed by atoms with Gasteiger partial charge < -0.3 is 9.51 Å². The Balaban J connectivity index is 1.39. The maximum absolute atomic E-state index is 12.2. The zero-order valence-electron chi connectivity index (χ0n) is 14.4. The highest BCUT2D eigenvalue weighted by Crippen LogP contribution is 2.61. The molecule has 0 aliphatic heterocycles. The fraction of sp³-hybridized carbons (Fsp3) is 0.600. The molecule has 0 spiro atoms. The Kier molecular flexibility index (Phi) is 3.42. The van der Waals surface area contributed by atoms with Crippen LogP contribution in [-0.4, -0.2) is 26.5 Å². The molecule has 2 aromatic heterocycles. The Labute approximate surface area is 147 Å². The number of aromatic nitrogens is 2. The van der Waals surface area contributed by atoms with Gasteiger partial charge in [0, 0.05) is 12.7 Å². The normalized spacial score (nSPS) is 34.5. The van der Waals surface area contributed by atoms with Crippen molar-refractivity contribution in [2.45, 2.75) is 51.1 Å². The molecule has 2 N–H and O–H groups in total. The first-order valence-electron chi connectivity index (χ1n) is 9.50. The van der Waals surface area contributed by atoms with Gasteiger partial charge in [-0.15, -0.1) is 0 Å². The van der Waals surface area contributed by atoms with E-state index in [0.29, 0.717) is 6.54 Å². The number of carbonyl (C=O) groups is 1. The molecule has 4 bridgehead atoms. The predicted octanol–water partition coefficient (Wildman–Crippen LogP) is 3.09. The van der Waals surface area contributed by atoms with Crippen LogP contribution in [0.2, 0.25) is 0 Å². The van der Waals surface area contributed by atoms with Crippen LogP contribution in [0.4, 0.5) is 0 Å². The van der Waals surface area contributed by atoms with Gasteiger partial charge in [-0.2, -0.15) is 0 Å². The van der Waals surface area contributed by atoms with Gasteiger partial charge in [0.15, 0.2) is 0 Å². The van der Waals surface area contributed by atoms with E-state index in [4.69, 9.17) is 0 Å². The number of nitrogens with one attached hydrogen (secondary N) is 1. The largest absolute Gasteiger partial charge is 0.480 e. The van der Waals surface area contributed by atoms with Crippen molar-refractivity contribution in [3.05, 3.63) is 36.3 Å². The molecule has 0 saturated heterocycles. The predicted molar refractivity (Wildman–Crippen MR) is 94.1 cm³/mol. The van der Waals surface area contributed by atoms with Gasteiger partial charge >= 0.3 is 5.97 Å². The van der Waals surface area contributed by atoms with Crippen LogP contribution >= 0.6 is 0 Å². The Morgan fingerprint density at radius 1 is 1.24 bits per heavy atom. The van der Waals surface area contributed by atoms with Crippen molar-refractivity contribution in [1.82, 2.24) is 14.7 Å². The fourth-order valence-corrected chi connectivity index (χ4v) is 6.42. The Morgan fingerprint density at radius 2 is 1.92 bits per heavy atom. The highest BCUT2D eigenvalue weighted by Gasteiger charge is 2.56. The van der Waals surface area contributed by atoms with Crippen LogP contribution in [0.15, 0.2) is 30.6 Å². The van der Waals surface area contributed by atoms with E-state index in [2.05, 4.69) is 10.3 Å². The lowest BCUT2D eigenvalue weighted by atomic mass is 9.47. The van der Waals surface area contributed by atoms with E-state index in [0.717, 1.165) is 48.4 Å². The Morgan fingerprint density at radius 3 is 2.56 bits per heavy atom. The number of rotatable bonds is 5. The number of nitrogens with zero attached hydrogens (tertiary/aromatic N) is 2. The van der Waals surface area contributed by atoms with Gasteiger partial charge in [-0.05, 0) is 73.8 Å². The number of hydrogen-bond donors (Lipinski definition) is 2. The van der Waals surface area contributed by atoms with E-state index in [-0.39, 0.29) is 5.41 Å². The average molecular weight is 339 g/mol. The molecule has 25 heavy (non-hydrogen) atoms. The topological polar surface area (TPSA) is 66.6 Å². The molecule has 0 radical (unpaired) electrons. The van der Waals surface area contributed by atoms with Gasteiger partial charge in [0.2, 0.25) is 0 Å². The molecular formula is C20H25N3O2. The van der Waals surface area contributed by atoms with Gasteiger partial charge in [-0.3, -0.25) is 10.1 Å². The van der Waals surface area contributed by atoms with Crippen molar-refractivity contribution in [2.24, 2.45) is 23.2 Å². The number of carboxylic acid groups (broad SMARTS) is 1. The van der Waals surface area contributed by atoms with Crippen molar-refractivity contribution in [3.63, 3.8) is 0 Å². The van der Waals surface area contributed by atoms with E-state index >= 15 is 0 Å². The first-order chi connectivity index (χ1) is 12.1. The van der Waals surface area contributed by atoms with Crippen LogP contribution in [0.3, 0.4) is 0 Å². The summed E-state index contributed by atoms with van der Waals surface area (Å²) in [6.07, 6.45) is 11.1. The van der Waals surface area contributed by atoms with Crippen molar-refractivity contribution in [1.29, 1.82) is 0 Å². The number of pyridine rings is 1. The third kappa shape index (κ3) is 2.48. The van der Waals surface area contributed by atoms with E-state index < -0.39 is 12.0 Å². The molecular weight excluding hydrogens is 314 g/mol. The molecule has 2 aromatic rings. The van der Waals surface area contributed by atoms with Crippen LogP contribution in [0.25, 0.3) is 5.65 Å². The first kappa shape index (κ1) is 15.4. The summed E-state index contributed by atoms with van der Waals surface area (Å²) in [5, 5.41) is 13.4. The standard InChI is InChI=1S/C20H25N3O2/c24-19(25)18(20-8-13-5-14(9-20)7-15(6-13)10-20)22-12-16-11-21-17-3-1-2-4-23(16)17/h1-4,11,13-15,18,22H,5-10,12H2,(H,24,25). The molecule has 4 aliphatic carbocycles. The Hall–Kier alpha value is -1.88. The number of carboxylic acids is 1. The molecule has 1 atom stereocenters. The highest BCUT2D eigenvalue weighted by molar-refractivity contribution is 5.75. The molecule has 4 fully saturated rings. The summed E-state index contributed by atoms with van der Waals surface area (Å²) in [4.78, 5) is 16.6. The number of imidazole rings is 1. The van der Waals surface area contributed by atoms with Gasteiger partial charge in [-0.25, -0.2) is 4.98 Å². The maximum atomic E-state index is 12.2. The first-order valence-corrected chi connectivity index (χ1v) is 9.50. The summed E-state index contributed by atoms with van der Waals surface area (Å²) in [5.74, 6) is 1.58. The quantitative estimate of drug-likeness (QED) is 0.878. The lowest BCUT2D eigenvalue weighted by molar-refractivity contribution is -0.151. The van der Waals surface area contributed by atoms with Gasteiger partial charge in [0.1, 0.15) is 11.7 Å². The van der Waals surface area contributed by atoms with E-state index in [9.17, 15) is 9.90 Å². The number of hydrogen-bond acceptors (Lipinski definition) is 3. The summed E-state index contributed by atoms with van der Waals surface area (Å²) in [7, 11) is 0. The molecule has 132 valence electrons. The lowest BCUT2D eigenvalue weighted by Gasteiger charge is -2.58. The third-order valence-corrected chi connectivity index (χ3v) is 6.93. The lowest BCUT2D eigenvalue weighted by Crippen LogP contribution is -2.58. The smallest absolute Gasteiger partial charge is 0.321 e. The van der Waals surface area contributed by atoms with Crippen LogP contribution in [0, 0.1) is 23.2 Å². The SMILES string of the molecule is O=C(O)C(NCc1cnc2ccccn12)C12CC3CC(CC(C3)C1)C2. The Bertz CT molecular complexity index is 777. The average Bonchev–Trinajstić information content (AvgIpc) is 2.96. The van der Waals surface area contributed by atoms with Crippen LogP contribution in [0.1, 0.15) is 44.2 Å². The van der Waals surface area contributed by atoms with E-state index in [1.54, 1.807) is 0 Å². The maximum Gasteiger partial charge on any atom is 0.321 e. The zero-order chi connectivity index (χ0) is 17.0. The summed E-state index contributed by atoms with van der Waals surface area (Å²) in [5.41, 5.74) is 1.88. The molecule has 5 heteroatoms. The minimum absolute atomic E-state index is 0.0406. The summed E-state index contributed by atoms with van der Waals surface area (Å²) < 4.78 is 2.03. The second-order valence-corrected chi connectivity index (χ2v) is 8.61. The van der Waals surface area contributed by atoms with E-state index in [1.165, 1.54) is 19.3 Å². The summed E-state index contributed by atoms with van der Waals surface area (Å²) in [6, 6.07) is 5.47. The van der Waals surface area contributed by atoms with Crippen LogP contribution in [0.5, 0.6) is 0 Å². The van der Waals surface area contributed by atoms with Gasteiger partial charge in [0.05, 0.1) is 11.9 Å². The molecule has 4 aliphatic rings. The van der Waals surface area contributed by atoms with Crippen molar-refractivity contribution >= 4 is 11.6 Å². The van der Waals surface area contributed by atoms with E-state index in [1.807, 2.05) is 35.0 Å². The highest BCUT2D eigenvalue weighted by atomic mass is 16.4. The van der Waals surface area contributed by atoms with Gasteiger partial charge in [0.25, 0.3) is 0 Å². The molecule has 4 saturated carbocycles. The second-order valence-electron chi connectivity index (χ2n) is 8.61. The van der Waals surface area contributed by atoms with Gasteiger partial charge in [-0.1, -0.05) is 6.07 Å². The number of aliphatic carboxylic acids is 1. The van der Waals surface area contributed by atoms with Crippen molar-refractivity contribution < 1.29 is 9.90 Å². The second kappa shape index (κ2) is 5.56. The fourth-order valence-electron chi connectivity index (χ4n) is 6.42. The van der Waals surface area contributed by atoms with Crippen molar-refractivity contribution in [2.75, 3.05) is 0 Å². The summed E-state index contributed by atoms with van der Waals surface area (Å²) in [6.45, 7) is 0.546. The minimum Gasteiger partial charge on any atom is -0.480 e. The molecule has 6 rings (SSSR count). The third-order valence-electron chi connectivity index (χ3n) is 6.93. The number of fused-ring (bicyclic) bond motifs is 1.